The second-order valence-corrected chi connectivity index (χ2v) is 15.2. The average molecular weight is 676 g/mol. The lowest BCUT2D eigenvalue weighted by Gasteiger charge is -2.42. The van der Waals surface area contributed by atoms with Crippen LogP contribution in [0, 0.1) is 17.8 Å². The zero-order valence-corrected chi connectivity index (χ0v) is 30.3. The van der Waals surface area contributed by atoms with Crippen LogP contribution in [0.2, 0.25) is 0 Å². The van der Waals surface area contributed by atoms with Gasteiger partial charge in [0, 0.05) is 63.0 Å². The number of amides is 3. The molecule has 9 heteroatoms. The van der Waals surface area contributed by atoms with E-state index in [0.29, 0.717) is 32.0 Å². The van der Waals surface area contributed by atoms with Crippen molar-refractivity contribution in [2.24, 2.45) is 17.8 Å². The number of benzene rings is 2. The van der Waals surface area contributed by atoms with Gasteiger partial charge in [-0.05, 0) is 84.3 Å². The topological polar surface area (TPSA) is 97.4 Å². The van der Waals surface area contributed by atoms with Crippen molar-refractivity contribution in [1.29, 1.82) is 0 Å². The van der Waals surface area contributed by atoms with E-state index in [1.807, 2.05) is 69.0 Å². The fourth-order valence-electron chi connectivity index (χ4n) is 8.03. The highest BCUT2D eigenvalue weighted by Gasteiger charge is 2.44. The fourth-order valence-corrected chi connectivity index (χ4v) is 8.03. The molecular formula is C40H57N3O6. The Balaban J connectivity index is 1.39. The third-order valence-corrected chi connectivity index (χ3v) is 10.5. The Morgan fingerprint density at radius 3 is 2.18 bits per heavy atom. The first kappa shape index (κ1) is 36.7. The Labute approximate surface area is 293 Å². The molecule has 2 aromatic rings. The van der Waals surface area contributed by atoms with E-state index in [0.717, 1.165) is 61.3 Å². The number of piperidine rings is 1. The largest absolute Gasteiger partial charge is 0.457 e. The predicted octanol–water partition coefficient (Wildman–Crippen LogP) is 7.31. The van der Waals surface area contributed by atoms with Crippen LogP contribution in [0.5, 0.6) is 11.5 Å². The van der Waals surface area contributed by atoms with E-state index in [-0.39, 0.29) is 24.9 Å². The molecule has 3 amide bonds. The molecule has 0 unspecified atom stereocenters. The van der Waals surface area contributed by atoms with Gasteiger partial charge in [-0.15, -0.1) is 0 Å². The Bertz CT molecular complexity index is 1390. The molecule has 49 heavy (non-hydrogen) atoms. The van der Waals surface area contributed by atoms with Crippen LogP contribution in [0.3, 0.4) is 0 Å². The maximum absolute atomic E-state index is 14.3. The van der Waals surface area contributed by atoms with Crippen molar-refractivity contribution in [3.8, 4) is 11.5 Å². The number of rotatable bonds is 12. The molecule has 1 saturated heterocycles. The van der Waals surface area contributed by atoms with E-state index in [1.54, 1.807) is 12.0 Å². The number of ether oxygens (including phenoxy) is 3. The molecule has 3 aliphatic rings. The number of carbonyl (C=O) groups is 3. The summed E-state index contributed by atoms with van der Waals surface area (Å²) in [6, 6.07) is 16.1. The summed E-state index contributed by atoms with van der Waals surface area (Å²) in [5.74, 6) is 0.929. The number of unbranched alkanes of at least 4 members (excludes halogenated alkanes) is 1. The maximum Gasteiger partial charge on any atom is 0.410 e. The number of methoxy groups -OCH3 is 1. The van der Waals surface area contributed by atoms with E-state index in [1.165, 1.54) is 19.3 Å². The zero-order valence-electron chi connectivity index (χ0n) is 30.3. The second-order valence-electron chi connectivity index (χ2n) is 15.2. The minimum Gasteiger partial charge on any atom is -0.457 e. The number of carbonyl (C=O) groups excluding carboxylic acids is 3. The fraction of sp³-hybridized carbons (Fsp3) is 0.625. The number of fused-ring (bicyclic) bond motifs is 2. The summed E-state index contributed by atoms with van der Waals surface area (Å²) in [7, 11) is 1.72. The van der Waals surface area contributed by atoms with Crippen molar-refractivity contribution in [1.82, 2.24) is 15.1 Å². The number of hydrogen-bond acceptors (Lipinski definition) is 6. The van der Waals surface area contributed by atoms with Crippen molar-refractivity contribution in [3.63, 3.8) is 0 Å². The predicted molar refractivity (Wildman–Crippen MR) is 191 cm³/mol. The molecule has 1 N–H and O–H groups in total. The second kappa shape index (κ2) is 16.4. The molecule has 2 fully saturated rings. The van der Waals surface area contributed by atoms with Crippen LogP contribution in [0.1, 0.15) is 96.6 Å². The van der Waals surface area contributed by atoms with Crippen LogP contribution in [0.4, 0.5) is 4.79 Å². The summed E-state index contributed by atoms with van der Waals surface area (Å²) in [6.07, 6.45) is 8.46. The normalized spacial score (nSPS) is 20.4. The average Bonchev–Trinajstić information content (AvgIpc) is 3.10. The van der Waals surface area contributed by atoms with Crippen molar-refractivity contribution in [3.05, 3.63) is 59.7 Å². The van der Waals surface area contributed by atoms with Crippen molar-refractivity contribution in [2.45, 2.75) is 96.5 Å². The first-order valence-electron chi connectivity index (χ1n) is 18.4. The van der Waals surface area contributed by atoms with Crippen LogP contribution >= 0.6 is 0 Å². The van der Waals surface area contributed by atoms with Gasteiger partial charge in [0.25, 0.3) is 0 Å². The summed E-state index contributed by atoms with van der Waals surface area (Å²) in [4.78, 5) is 45.4. The molecule has 2 aliphatic heterocycles. The molecule has 1 aliphatic carbocycles. The monoisotopic (exact) mass is 675 g/mol. The number of para-hydroxylation sites is 2. The van der Waals surface area contributed by atoms with Gasteiger partial charge >= 0.3 is 6.09 Å². The third kappa shape index (κ3) is 8.96. The van der Waals surface area contributed by atoms with Crippen LogP contribution in [0.15, 0.2) is 48.5 Å². The lowest BCUT2D eigenvalue weighted by atomic mass is 9.69. The highest BCUT2D eigenvalue weighted by atomic mass is 16.6. The van der Waals surface area contributed by atoms with Gasteiger partial charge in [0.1, 0.15) is 17.1 Å². The third-order valence-electron chi connectivity index (χ3n) is 10.5. The van der Waals surface area contributed by atoms with Crippen molar-refractivity contribution >= 4 is 17.9 Å². The molecular weight excluding hydrogens is 618 g/mol. The summed E-state index contributed by atoms with van der Waals surface area (Å²) < 4.78 is 17.5. The molecule has 0 bridgehead atoms. The summed E-state index contributed by atoms with van der Waals surface area (Å²) in [5.41, 5.74) is 0.865. The van der Waals surface area contributed by atoms with Gasteiger partial charge in [-0.1, -0.05) is 55.7 Å². The minimum absolute atomic E-state index is 0.0287. The summed E-state index contributed by atoms with van der Waals surface area (Å²) in [6.45, 7) is 10.4. The number of nitrogens with one attached hydrogen (secondary N) is 1. The lowest BCUT2D eigenvalue weighted by molar-refractivity contribution is -0.140. The molecule has 2 heterocycles. The van der Waals surface area contributed by atoms with Gasteiger partial charge in [0.15, 0.2) is 0 Å². The first-order chi connectivity index (χ1) is 23.5. The minimum atomic E-state index is -0.693. The standard InChI is InChI=1S/C40H57N3O6/c1-6-42(25-29-16-8-7-9-17-29)37(45)31-24-30(26-43(27-31)38(46)49-39(2,3)4)36(44)41-28-40(22-14-15-23-47-5)32-18-10-12-20-34(32)48-35-21-13-11-19-33(35)40/h10-13,18-21,29-31H,6-9,14-17,22-28H2,1-5H3,(H,41,44)/t30-,31+/m0/s1. The first-order valence-corrected chi connectivity index (χ1v) is 18.4. The van der Waals surface area contributed by atoms with E-state index >= 15 is 0 Å². The van der Waals surface area contributed by atoms with Gasteiger partial charge in [-0.2, -0.15) is 0 Å². The van der Waals surface area contributed by atoms with Crippen LogP contribution < -0.4 is 10.1 Å². The van der Waals surface area contributed by atoms with Crippen LogP contribution in [0.25, 0.3) is 0 Å². The Morgan fingerprint density at radius 2 is 1.57 bits per heavy atom. The van der Waals surface area contributed by atoms with Crippen LogP contribution in [-0.4, -0.2) is 79.7 Å². The van der Waals surface area contributed by atoms with Crippen LogP contribution in [-0.2, 0) is 24.5 Å². The SMILES string of the molecule is CCN(CC1CCCCC1)C(=O)[C@@H]1C[C@H](C(=O)NCC2(CCCCOC)c3ccccc3Oc3ccccc32)CN(C(=O)OC(C)(C)C)C1. The number of hydrogen-bond donors (Lipinski definition) is 1. The summed E-state index contributed by atoms with van der Waals surface area (Å²) in [5, 5.41) is 3.33. The van der Waals surface area contributed by atoms with Gasteiger partial charge in [-0.25, -0.2) is 4.79 Å². The molecule has 0 aromatic heterocycles. The van der Waals surface area contributed by atoms with Crippen molar-refractivity contribution < 1.29 is 28.6 Å². The van der Waals surface area contributed by atoms with E-state index in [4.69, 9.17) is 14.2 Å². The maximum atomic E-state index is 14.3. The van der Waals surface area contributed by atoms with Gasteiger partial charge in [-0.3, -0.25) is 9.59 Å². The smallest absolute Gasteiger partial charge is 0.410 e. The summed E-state index contributed by atoms with van der Waals surface area (Å²) >= 11 is 0. The Kier molecular flexibility index (Phi) is 12.3. The molecule has 268 valence electrons. The lowest BCUT2D eigenvalue weighted by Crippen LogP contribution is -2.54. The van der Waals surface area contributed by atoms with Gasteiger partial charge in [0.05, 0.1) is 11.8 Å². The van der Waals surface area contributed by atoms with E-state index in [9.17, 15) is 14.4 Å². The molecule has 2 atom stereocenters. The van der Waals surface area contributed by atoms with E-state index < -0.39 is 28.9 Å². The Morgan fingerprint density at radius 1 is 0.939 bits per heavy atom. The number of nitrogens with zero attached hydrogens (tertiary/aromatic N) is 2. The molecule has 0 radical (unpaired) electrons. The highest BCUT2D eigenvalue weighted by molar-refractivity contribution is 5.84. The molecule has 5 rings (SSSR count). The molecule has 1 saturated carbocycles. The molecule has 9 nitrogen and oxygen atoms in total. The zero-order chi connectivity index (χ0) is 35.0. The Hall–Kier alpha value is -3.59. The van der Waals surface area contributed by atoms with Crippen molar-refractivity contribution in [2.75, 3.05) is 46.4 Å². The molecule has 0 spiro atoms. The van der Waals surface area contributed by atoms with E-state index in [2.05, 4.69) is 17.4 Å². The highest BCUT2D eigenvalue weighted by Crippen LogP contribution is 2.50. The molecule has 2 aromatic carbocycles. The quantitative estimate of drug-likeness (QED) is 0.237. The van der Waals surface area contributed by atoms with Gasteiger partial charge in [0.2, 0.25) is 11.8 Å². The number of likely N-dealkylation sites (tertiary alicyclic amines) is 1. The van der Waals surface area contributed by atoms with Gasteiger partial charge < -0.3 is 29.3 Å².